The first-order chi connectivity index (χ1) is 9.93. The second kappa shape index (κ2) is 5.09. The summed E-state index contributed by atoms with van der Waals surface area (Å²) in [5.74, 6) is 3.32. The smallest absolute Gasteiger partial charge is 0.00621 e. The quantitative estimate of drug-likeness (QED) is 0.679. The van der Waals surface area contributed by atoms with Crippen molar-refractivity contribution in [3.05, 3.63) is 71.8 Å². The van der Waals surface area contributed by atoms with Crippen molar-refractivity contribution in [2.45, 2.75) is 37.5 Å². The van der Waals surface area contributed by atoms with Crippen molar-refractivity contribution in [2.75, 3.05) is 0 Å². The summed E-state index contributed by atoms with van der Waals surface area (Å²) >= 11 is 0. The largest absolute Gasteiger partial charge is 0.0622 e. The lowest BCUT2D eigenvalue weighted by atomic mass is 9.75. The maximum absolute atomic E-state index is 2.35. The summed E-state index contributed by atoms with van der Waals surface area (Å²) in [6, 6.07) is 22.5. The van der Waals surface area contributed by atoms with Crippen LogP contribution in [0.2, 0.25) is 0 Å². The van der Waals surface area contributed by atoms with Crippen LogP contribution in [0.3, 0.4) is 0 Å². The van der Waals surface area contributed by atoms with E-state index in [2.05, 4.69) is 60.7 Å². The molecule has 0 nitrogen and oxygen atoms in total. The molecule has 0 aliphatic heterocycles. The summed E-state index contributed by atoms with van der Waals surface area (Å²) in [4.78, 5) is 0. The molecule has 2 aromatic rings. The molecule has 2 atom stereocenters. The molecule has 2 fully saturated rings. The molecule has 0 radical (unpaired) electrons. The average molecular weight is 262 g/mol. The Kier molecular flexibility index (Phi) is 3.10. The van der Waals surface area contributed by atoms with Crippen molar-refractivity contribution >= 4 is 0 Å². The van der Waals surface area contributed by atoms with E-state index >= 15 is 0 Å². The van der Waals surface area contributed by atoms with Crippen LogP contribution in [0.4, 0.5) is 0 Å². The summed E-state index contributed by atoms with van der Waals surface area (Å²) in [6.07, 6.45) is 5.70. The Balaban J connectivity index is 1.73. The normalized spacial score (nSPS) is 21.4. The van der Waals surface area contributed by atoms with Crippen LogP contribution < -0.4 is 0 Å². The molecule has 0 amide bonds. The SMILES string of the molecule is c1ccc(C(C2CC2)C(c2ccccc2)C2CC2)cc1. The molecule has 0 N–H and O–H groups in total. The van der Waals surface area contributed by atoms with Gasteiger partial charge in [-0.2, -0.15) is 0 Å². The Hall–Kier alpha value is -1.56. The van der Waals surface area contributed by atoms with Crippen molar-refractivity contribution < 1.29 is 0 Å². The molecule has 2 aliphatic carbocycles. The van der Waals surface area contributed by atoms with Crippen molar-refractivity contribution in [1.82, 2.24) is 0 Å². The van der Waals surface area contributed by atoms with Crippen LogP contribution in [-0.2, 0) is 0 Å². The lowest BCUT2D eigenvalue weighted by Gasteiger charge is -2.28. The monoisotopic (exact) mass is 262 g/mol. The van der Waals surface area contributed by atoms with Crippen molar-refractivity contribution in [1.29, 1.82) is 0 Å². The second-order valence-corrected chi connectivity index (χ2v) is 6.55. The standard InChI is InChI=1S/C20H22/c1-3-7-15(8-4-1)19(17-11-12-17)20(18-13-14-18)16-9-5-2-6-10-16/h1-10,17-20H,11-14H2. The maximum Gasteiger partial charge on any atom is -0.00621 e. The van der Waals surface area contributed by atoms with Gasteiger partial charge in [-0.1, -0.05) is 60.7 Å². The minimum atomic E-state index is 0.742. The van der Waals surface area contributed by atoms with Gasteiger partial charge in [0, 0.05) is 0 Å². The third kappa shape index (κ3) is 2.40. The van der Waals surface area contributed by atoms with Gasteiger partial charge in [0.1, 0.15) is 0 Å². The van der Waals surface area contributed by atoms with E-state index < -0.39 is 0 Å². The molecule has 4 rings (SSSR count). The third-order valence-electron chi connectivity index (χ3n) is 5.02. The molecular formula is C20H22. The highest BCUT2D eigenvalue weighted by molar-refractivity contribution is 5.32. The van der Waals surface area contributed by atoms with E-state index in [-0.39, 0.29) is 0 Å². The zero-order valence-corrected chi connectivity index (χ0v) is 11.9. The van der Waals surface area contributed by atoms with Gasteiger partial charge in [-0.25, -0.2) is 0 Å². The van der Waals surface area contributed by atoms with Gasteiger partial charge in [0.2, 0.25) is 0 Å². The minimum Gasteiger partial charge on any atom is -0.0622 e. The van der Waals surface area contributed by atoms with Gasteiger partial charge >= 0.3 is 0 Å². The van der Waals surface area contributed by atoms with E-state index in [4.69, 9.17) is 0 Å². The number of hydrogen-bond acceptors (Lipinski definition) is 0. The number of hydrogen-bond donors (Lipinski definition) is 0. The van der Waals surface area contributed by atoms with E-state index in [0.29, 0.717) is 0 Å². The predicted octanol–water partition coefficient (Wildman–Crippen LogP) is 5.37. The second-order valence-electron chi connectivity index (χ2n) is 6.55. The Bertz CT molecular complexity index is 496. The zero-order chi connectivity index (χ0) is 13.4. The molecule has 0 heteroatoms. The van der Waals surface area contributed by atoms with Crippen molar-refractivity contribution in [3.63, 3.8) is 0 Å². The first-order valence-electron chi connectivity index (χ1n) is 8.03. The Morgan fingerprint density at radius 3 is 1.20 bits per heavy atom. The molecule has 0 spiro atoms. The van der Waals surface area contributed by atoms with Gasteiger partial charge in [0.05, 0.1) is 0 Å². The van der Waals surface area contributed by atoms with Gasteiger partial charge in [0.15, 0.2) is 0 Å². The van der Waals surface area contributed by atoms with Crippen molar-refractivity contribution in [2.24, 2.45) is 11.8 Å². The highest BCUT2D eigenvalue weighted by atomic mass is 14.5. The molecule has 2 saturated carbocycles. The fraction of sp³-hybridized carbons (Fsp3) is 0.400. The Morgan fingerprint density at radius 1 is 0.550 bits per heavy atom. The fourth-order valence-electron chi connectivity index (χ4n) is 3.81. The van der Waals surface area contributed by atoms with E-state index in [0.717, 1.165) is 23.7 Å². The van der Waals surface area contributed by atoms with Crippen LogP contribution in [-0.4, -0.2) is 0 Å². The average Bonchev–Trinajstić information content (AvgIpc) is 3.39. The van der Waals surface area contributed by atoms with Crippen LogP contribution in [0.1, 0.15) is 48.6 Å². The van der Waals surface area contributed by atoms with E-state index in [1.165, 1.54) is 25.7 Å². The highest BCUT2D eigenvalue weighted by Crippen LogP contribution is 2.57. The van der Waals surface area contributed by atoms with Gasteiger partial charge in [-0.3, -0.25) is 0 Å². The lowest BCUT2D eigenvalue weighted by molar-refractivity contribution is 0.444. The lowest BCUT2D eigenvalue weighted by Crippen LogP contribution is -2.15. The van der Waals surface area contributed by atoms with Crippen molar-refractivity contribution in [3.8, 4) is 0 Å². The summed E-state index contributed by atoms with van der Waals surface area (Å²) in [5.41, 5.74) is 3.13. The highest BCUT2D eigenvalue weighted by Gasteiger charge is 2.44. The number of rotatable bonds is 5. The number of benzene rings is 2. The Labute approximate surface area is 121 Å². The molecular weight excluding hydrogens is 240 g/mol. The molecule has 0 heterocycles. The third-order valence-corrected chi connectivity index (χ3v) is 5.02. The van der Waals surface area contributed by atoms with Gasteiger partial charge in [-0.05, 0) is 60.5 Å². The first-order valence-corrected chi connectivity index (χ1v) is 8.03. The van der Waals surface area contributed by atoms with E-state index in [9.17, 15) is 0 Å². The topological polar surface area (TPSA) is 0 Å². The molecule has 2 unspecified atom stereocenters. The summed E-state index contributed by atoms with van der Waals surface area (Å²) in [6.45, 7) is 0. The van der Waals surface area contributed by atoms with E-state index in [1.54, 1.807) is 11.1 Å². The van der Waals surface area contributed by atoms with Gasteiger partial charge < -0.3 is 0 Å². The van der Waals surface area contributed by atoms with Gasteiger partial charge in [-0.15, -0.1) is 0 Å². The molecule has 20 heavy (non-hydrogen) atoms. The zero-order valence-electron chi connectivity index (χ0n) is 11.9. The fourth-order valence-corrected chi connectivity index (χ4v) is 3.81. The molecule has 2 aromatic carbocycles. The molecule has 2 aliphatic rings. The maximum atomic E-state index is 2.35. The van der Waals surface area contributed by atoms with Crippen LogP contribution in [0, 0.1) is 11.8 Å². The molecule has 0 bridgehead atoms. The summed E-state index contributed by atoms with van der Waals surface area (Å²) in [5, 5.41) is 0. The van der Waals surface area contributed by atoms with Crippen LogP contribution in [0.5, 0.6) is 0 Å². The van der Waals surface area contributed by atoms with Crippen LogP contribution in [0.15, 0.2) is 60.7 Å². The first kappa shape index (κ1) is 12.2. The molecule has 0 aromatic heterocycles. The Morgan fingerprint density at radius 2 is 0.900 bits per heavy atom. The minimum absolute atomic E-state index is 0.742. The van der Waals surface area contributed by atoms with Crippen LogP contribution >= 0.6 is 0 Å². The molecule has 0 saturated heterocycles. The van der Waals surface area contributed by atoms with E-state index in [1.807, 2.05) is 0 Å². The summed E-state index contributed by atoms with van der Waals surface area (Å²) in [7, 11) is 0. The molecule has 102 valence electrons. The predicted molar refractivity (Wildman–Crippen MR) is 83.8 cm³/mol. The summed E-state index contributed by atoms with van der Waals surface area (Å²) < 4.78 is 0. The van der Waals surface area contributed by atoms with Crippen LogP contribution in [0.25, 0.3) is 0 Å². The van der Waals surface area contributed by atoms with Gasteiger partial charge in [0.25, 0.3) is 0 Å².